The van der Waals surface area contributed by atoms with Crippen LogP contribution in [0.2, 0.25) is 0 Å². The lowest BCUT2D eigenvalue weighted by Crippen LogP contribution is -2.10. The highest BCUT2D eigenvalue weighted by Crippen LogP contribution is 2.42. The summed E-state index contributed by atoms with van der Waals surface area (Å²) in [7, 11) is 0. The highest BCUT2D eigenvalue weighted by Gasteiger charge is 2.26. The fourth-order valence-corrected chi connectivity index (χ4v) is 4.06. The maximum Gasteiger partial charge on any atom is 0.0687 e. The number of allylic oxidation sites excluding steroid dienone is 4. The zero-order valence-electron chi connectivity index (χ0n) is 15.5. The van der Waals surface area contributed by atoms with Crippen molar-refractivity contribution in [2.45, 2.75) is 26.7 Å². The molecule has 0 saturated carbocycles. The van der Waals surface area contributed by atoms with Crippen LogP contribution in [0.5, 0.6) is 0 Å². The summed E-state index contributed by atoms with van der Waals surface area (Å²) in [5, 5.41) is 11.3. The molecule has 1 aliphatic rings. The first-order valence-electron chi connectivity index (χ1n) is 9.09. The number of fused-ring (bicyclic) bond motifs is 1. The van der Waals surface area contributed by atoms with Crippen LogP contribution in [0.4, 0.5) is 0 Å². The van der Waals surface area contributed by atoms with Crippen molar-refractivity contribution in [3.63, 3.8) is 0 Å². The first-order chi connectivity index (χ1) is 12.6. The van der Waals surface area contributed by atoms with Gasteiger partial charge in [0.05, 0.1) is 5.71 Å². The van der Waals surface area contributed by atoms with Crippen molar-refractivity contribution in [3.05, 3.63) is 106 Å². The van der Waals surface area contributed by atoms with Gasteiger partial charge in [0, 0.05) is 17.0 Å². The smallest absolute Gasteiger partial charge is 0.0687 e. The molecule has 0 radical (unpaired) electrons. The third-order valence-electron chi connectivity index (χ3n) is 5.52. The van der Waals surface area contributed by atoms with Gasteiger partial charge in [-0.15, -0.1) is 0 Å². The monoisotopic (exact) mass is 337 g/mol. The Bertz CT molecular complexity index is 1070. The van der Waals surface area contributed by atoms with E-state index in [4.69, 9.17) is 5.41 Å². The first-order valence-corrected chi connectivity index (χ1v) is 9.09. The summed E-state index contributed by atoms with van der Waals surface area (Å²) < 4.78 is 0. The van der Waals surface area contributed by atoms with Gasteiger partial charge in [-0.1, -0.05) is 77.4 Å². The second-order valence-corrected chi connectivity index (χ2v) is 7.22. The lowest BCUT2D eigenvalue weighted by atomic mass is 9.82. The standard InChI is InChI=1S/C25H23N/c1-16-13-17(2)24(18(16)3)22-14-20-11-7-8-12-21(20)15-23(22)25(26)19-9-5-4-6-10-19/h4-15,24,26H,1-3H3. The van der Waals surface area contributed by atoms with Gasteiger partial charge in [-0.2, -0.15) is 0 Å². The number of hydrogen-bond donors (Lipinski definition) is 1. The fourth-order valence-electron chi connectivity index (χ4n) is 4.06. The average Bonchev–Trinajstić information content (AvgIpc) is 2.92. The third-order valence-corrected chi connectivity index (χ3v) is 5.52. The van der Waals surface area contributed by atoms with E-state index in [1.54, 1.807) is 0 Å². The van der Waals surface area contributed by atoms with Crippen LogP contribution in [0.15, 0.2) is 89.5 Å². The highest BCUT2D eigenvalue weighted by atomic mass is 14.4. The summed E-state index contributed by atoms with van der Waals surface area (Å²) in [4.78, 5) is 0. The van der Waals surface area contributed by atoms with E-state index in [2.05, 4.69) is 63.2 Å². The summed E-state index contributed by atoms with van der Waals surface area (Å²) in [6.45, 7) is 6.61. The van der Waals surface area contributed by atoms with Crippen LogP contribution in [0, 0.1) is 5.41 Å². The van der Waals surface area contributed by atoms with Crippen molar-refractivity contribution < 1.29 is 0 Å². The van der Waals surface area contributed by atoms with Crippen molar-refractivity contribution in [1.82, 2.24) is 0 Å². The largest absolute Gasteiger partial charge is 0.300 e. The Morgan fingerprint density at radius 3 is 2.04 bits per heavy atom. The van der Waals surface area contributed by atoms with Crippen LogP contribution in [-0.4, -0.2) is 5.71 Å². The third kappa shape index (κ3) is 2.70. The van der Waals surface area contributed by atoms with Crippen LogP contribution in [0.1, 0.15) is 43.4 Å². The highest BCUT2D eigenvalue weighted by molar-refractivity contribution is 6.13. The maximum atomic E-state index is 8.90. The van der Waals surface area contributed by atoms with Gasteiger partial charge in [0.2, 0.25) is 0 Å². The molecule has 3 aromatic rings. The summed E-state index contributed by atoms with van der Waals surface area (Å²) in [6.07, 6.45) is 2.28. The summed E-state index contributed by atoms with van der Waals surface area (Å²) in [5.74, 6) is 0.263. The molecule has 3 aromatic carbocycles. The Hall–Kier alpha value is -2.93. The molecule has 4 rings (SSSR count). The summed E-state index contributed by atoms with van der Waals surface area (Å²) >= 11 is 0. The van der Waals surface area contributed by atoms with E-state index in [0.717, 1.165) is 11.1 Å². The molecule has 0 saturated heterocycles. The lowest BCUT2D eigenvalue weighted by Gasteiger charge is -2.21. The minimum absolute atomic E-state index is 0.263. The van der Waals surface area contributed by atoms with E-state index >= 15 is 0 Å². The van der Waals surface area contributed by atoms with Crippen molar-refractivity contribution in [2.24, 2.45) is 0 Å². The van der Waals surface area contributed by atoms with E-state index in [1.165, 1.54) is 33.1 Å². The summed E-state index contributed by atoms with van der Waals surface area (Å²) in [5.41, 5.74) is 7.91. The van der Waals surface area contributed by atoms with Gasteiger partial charge in [0.15, 0.2) is 0 Å². The summed E-state index contributed by atoms with van der Waals surface area (Å²) in [6, 6.07) is 23.0. The normalized spacial score (nSPS) is 16.9. The molecule has 128 valence electrons. The van der Waals surface area contributed by atoms with Gasteiger partial charge in [-0.3, -0.25) is 5.41 Å². The molecule has 0 bridgehead atoms. The van der Waals surface area contributed by atoms with Crippen molar-refractivity contribution in [3.8, 4) is 0 Å². The number of rotatable bonds is 3. The molecule has 0 amide bonds. The molecular formula is C25H23N. The van der Waals surface area contributed by atoms with E-state index in [1.807, 2.05) is 30.3 Å². The van der Waals surface area contributed by atoms with Gasteiger partial charge >= 0.3 is 0 Å². The molecule has 1 N–H and O–H groups in total. The molecule has 0 fully saturated rings. The second kappa shape index (κ2) is 6.42. The minimum atomic E-state index is 0.263. The second-order valence-electron chi connectivity index (χ2n) is 7.22. The van der Waals surface area contributed by atoms with Gasteiger partial charge in [-0.25, -0.2) is 0 Å². The molecule has 0 aromatic heterocycles. The predicted molar refractivity (Wildman–Crippen MR) is 111 cm³/mol. The van der Waals surface area contributed by atoms with Gasteiger partial charge in [0.1, 0.15) is 0 Å². The molecule has 0 aliphatic heterocycles. The molecular weight excluding hydrogens is 314 g/mol. The quantitative estimate of drug-likeness (QED) is 0.518. The van der Waals surface area contributed by atoms with Crippen LogP contribution in [0.25, 0.3) is 10.8 Å². The van der Waals surface area contributed by atoms with Crippen molar-refractivity contribution in [1.29, 1.82) is 5.41 Å². The number of hydrogen-bond acceptors (Lipinski definition) is 1. The molecule has 1 aliphatic carbocycles. The Morgan fingerprint density at radius 1 is 0.808 bits per heavy atom. The zero-order chi connectivity index (χ0) is 18.3. The zero-order valence-corrected chi connectivity index (χ0v) is 15.5. The Labute approximate surface area is 155 Å². The van der Waals surface area contributed by atoms with E-state index in [-0.39, 0.29) is 5.92 Å². The van der Waals surface area contributed by atoms with Gasteiger partial charge in [0.25, 0.3) is 0 Å². The molecule has 1 heteroatoms. The van der Waals surface area contributed by atoms with Gasteiger partial charge in [-0.05, 0) is 49.2 Å². The minimum Gasteiger partial charge on any atom is -0.300 e. The number of nitrogens with one attached hydrogen (secondary N) is 1. The van der Waals surface area contributed by atoms with E-state index < -0.39 is 0 Å². The Morgan fingerprint density at radius 2 is 1.42 bits per heavy atom. The van der Waals surface area contributed by atoms with Crippen LogP contribution in [-0.2, 0) is 0 Å². The maximum absolute atomic E-state index is 8.90. The fraction of sp³-hybridized carbons (Fsp3) is 0.160. The van der Waals surface area contributed by atoms with E-state index in [9.17, 15) is 0 Å². The SMILES string of the molecule is CC1=CC(C)=C(C)C1c1cc2ccccc2cc1C(=N)c1ccccc1. The topological polar surface area (TPSA) is 23.9 Å². The van der Waals surface area contributed by atoms with Crippen molar-refractivity contribution >= 4 is 16.5 Å². The van der Waals surface area contributed by atoms with E-state index in [0.29, 0.717) is 5.71 Å². The predicted octanol–water partition coefficient (Wildman–Crippen LogP) is 6.64. The molecule has 1 atom stereocenters. The molecule has 26 heavy (non-hydrogen) atoms. The molecule has 1 unspecified atom stereocenters. The Kier molecular flexibility index (Phi) is 4.08. The van der Waals surface area contributed by atoms with Crippen LogP contribution < -0.4 is 0 Å². The first kappa shape index (κ1) is 16.5. The van der Waals surface area contributed by atoms with Crippen LogP contribution >= 0.6 is 0 Å². The Balaban J connectivity index is 1.96. The molecule has 0 spiro atoms. The van der Waals surface area contributed by atoms with Crippen LogP contribution in [0.3, 0.4) is 0 Å². The lowest BCUT2D eigenvalue weighted by molar-refractivity contribution is 0.937. The molecule has 1 nitrogen and oxygen atoms in total. The average molecular weight is 337 g/mol. The molecule has 0 heterocycles. The van der Waals surface area contributed by atoms with Gasteiger partial charge < -0.3 is 0 Å². The number of benzene rings is 3. The van der Waals surface area contributed by atoms with Crippen molar-refractivity contribution in [2.75, 3.05) is 0 Å².